The van der Waals surface area contributed by atoms with Crippen LogP contribution in [0.3, 0.4) is 0 Å². The van der Waals surface area contributed by atoms with E-state index in [1.165, 1.54) is 6.08 Å². The van der Waals surface area contributed by atoms with Gasteiger partial charge in [0.1, 0.15) is 17.9 Å². The maximum absolute atomic E-state index is 12.9. The van der Waals surface area contributed by atoms with Crippen molar-refractivity contribution in [1.29, 1.82) is 0 Å². The Labute approximate surface area is 193 Å². The highest BCUT2D eigenvalue weighted by molar-refractivity contribution is 5.97. The Morgan fingerprint density at radius 3 is 2.36 bits per heavy atom. The number of primary amides is 1. The molecule has 182 valence electrons. The summed E-state index contributed by atoms with van der Waals surface area (Å²) in [6, 6.07) is 4.70. The van der Waals surface area contributed by atoms with Gasteiger partial charge in [0.25, 0.3) is 5.91 Å². The lowest BCUT2D eigenvalue weighted by Gasteiger charge is -2.32. The first-order chi connectivity index (χ1) is 15.6. The third-order valence-electron chi connectivity index (χ3n) is 5.80. The van der Waals surface area contributed by atoms with Crippen LogP contribution in [0.4, 0.5) is 0 Å². The number of methoxy groups -OCH3 is 1. The number of carbonyl (C=O) groups is 3. The minimum absolute atomic E-state index is 0.0432. The van der Waals surface area contributed by atoms with Gasteiger partial charge < -0.3 is 36.6 Å². The first-order valence-electron chi connectivity index (χ1n) is 11.0. The molecule has 5 atom stereocenters. The average Bonchev–Trinajstić information content (AvgIpc) is 2.76. The third-order valence-corrected chi connectivity index (χ3v) is 5.80. The summed E-state index contributed by atoms with van der Waals surface area (Å²) >= 11 is 0. The summed E-state index contributed by atoms with van der Waals surface area (Å²) in [6.07, 6.45) is -1.05. The van der Waals surface area contributed by atoms with Gasteiger partial charge in [0, 0.05) is 24.3 Å². The summed E-state index contributed by atoms with van der Waals surface area (Å²) in [5, 5.41) is 27.7. The molecule has 1 aliphatic carbocycles. The summed E-state index contributed by atoms with van der Waals surface area (Å²) in [4.78, 5) is 37.4. The average molecular weight is 464 g/mol. The number of ether oxygens (including phenoxy) is 1. The number of quaternary nitrogens is 1. The Morgan fingerprint density at radius 1 is 1.21 bits per heavy atom. The van der Waals surface area contributed by atoms with Crippen molar-refractivity contribution in [1.82, 2.24) is 10.6 Å². The molecule has 1 aromatic rings. The van der Waals surface area contributed by atoms with Crippen LogP contribution in [-0.2, 0) is 20.8 Å². The highest BCUT2D eigenvalue weighted by atomic mass is 16.5. The first kappa shape index (κ1) is 26.3. The molecule has 0 fully saturated rings. The van der Waals surface area contributed by atoms with Crippen molar-refractivity contribution >= 4 is 17.7 Å². The molecule has 33 heavy (non-hydrogen) atoms. The number of hydrogen-bond donors (Lipinski definition) is 6. The van der Waals surface area contributed by atoms with Crippen LogP contribution in [0.5, 0.6) is 5.75 Å². The molecular weight excluding hydrogens is 428 g/mol. The van der Waals surface area contributed by atoms with Crippen molar-refractivity contribution in [3.8, 4) is 5.75 Å². The summed E-state index contributed by atoms with van der Waals surface area (Å²) < 4.78 is 5.11. The number of carbonyl (C=O) groups excluding carboxylic acids is 3. The molecule has 0 radical (unpaired) electrons. The van der Waals surface area contributed by atoms with Crippen molar-refractivity contribution in [2.75, 3.05) is 14.2 Å². The number of amides is 3. The largest absolute Gasteiger partial charge is 0.497 e. The predicted octanol–water partition coefficient (Wildman–Crippen LogP) is -2.04. The van der Waals surface area contributed by atoms with E-state index in [-0.39, 0.29) is 36.3 Å². The molecule has 0 saturated heterocycles. The minimum atomic E-state index is -1.26. The number of aliphatic hydroxyl groups excluding tert-OH is 2. The van der Waals surface area contributed by atoms with E-state index in [4.69, 9.17) is 10.5 Å². The molecule has 10 nitrogen and oxygen atoms in total. The summed E-state index contributed by atoms with van der Waals surface area (Å²) in [5.41, 5.74) is 6.42. The van der Waals surface area contributed by atoms with Crippen molar-refractivity contribution in [2.45, 2.75) is 57.0 Å². The molecule has 1 aliphatic rings. The molecule has 3 amide bonds. The quantitative estimate of drug-likeness (QED) is 0.234. The second kappa shape index (κ2) is 11.8. The highest BCUT2D eigenvalue weighted by Crippen LogP contribution is 2.21. The molecule has 0 heterocycles. The molecule has 10 heteroatoms. The van der Waals surface area contributed by atoms with E-state index in [2.05, 4.69) is 10.6 Å². The molecule has 0 bridgehead atoms. The number of nitrogens with two attached hydrogens (primary N) is 2. The highest BCUT2D eigenvalue weighted by Gasteiger charge is 2.36. The zero-order valence-electron chi connectivity index (χ0n) is 19.4. The molecule has 0 saturated carbocycles. The van der Waals surface area contributed by atoms with Gasteiger partial charge in [-0.1, -0.05) is 32.1 Å². The molecule has 0 aliphatic heterocycles. The maximum Gasteiger partial charge on any atom is 0.279 e. The van der Waals surface area contributed by atoms with E-state index in [9.17, 15) is 24.6 Å². The maximum atomic E-state index is 12.9. The summed E-state index contributed by atoms with van der Waals surface area (Å²) in [5.74, 6) is -0.913. The normalized spacial score (nSPS) is 22.2. The van der Waals surface area contributed by atoms with Crippen LogP contribution in [0.2, 0.25) is 0 Å². The predicted molar refractivity (Wildman–Crippen MR) is 121 cm³/mol. The fourth-order valence-electron chi connectivity index (χ4n) is 3.83. The number of benzene rings is 1. The van der Waals surface area contributed by atoms with Crippen LogP contribution >= 0.6 is 0 Å². The molecule has 0 spiro atoms. The van der Waals surface area contributed by atoms with E-state index in [1.54, 1.807) is 43.7 Å². The SMILES string of the molecule is C[NH2+][C@H](C(=O)N[C@@H]1C=C(C(=O)N[C@@H](Cc2ccc(OC)cc2)C(N)=O)C[C@@H](O)[C@@H]1O)C(C)C. The van der Waals surface area contributed by atoms with Gasteiger partial charge in [-0.2, -0.15) is 0 Å². The Hall–Kier alpha value is -2.95. The van der Waals surface area contributed by atoms with Crippen LogP contribution < -0.4 is 26.4 Å². The van der Waals surface area contributed by atoms with E-state index in [0.29, 0.717) is 5.75 Å². The summed E-state index contributed by atoms with van der Waals surface area (Å²) in [7, 11) is 3.32. The van der Waals surface area contributed by atoms with Gasteiger partial charge in [0.2, 0.25) is 11.8 Å². The van der Waals surface area contributed by atoms with Gasteiger partial charge in [-0.05, 0) is 17.7 Å². The zero-order valence-corrected chi connectivity index (χ0v) is 19.4. The standard InChI is InChI=1S/C23H34N4O6/c1-12(2)19(25-3)23(32)26-16-10-14(11-18(28)20(16)29)22(31)27-17(21(24)30)9-13-5-7-15(33-4)8-6-13/h5-8,10,12,16-20,25,28-29H,9,11H2,1-4H3,(H2,24,30)(H,26,32)(H,27,31)/p+1/t16-,17+,18-,19+,20-/m1/s1. The van der Waals surface area contributed by atoms with Crippen LogP contribution in [-0.4, -0.2) is 72.4 Å². The lowest BCUT2D eigenvalue weighted by molar-refractivity contribution is -0.656. The lowest BCUT2D eigenvalue weighted by atomic mass is 9.89. The van der Waals surface area contributed by atoms with Crippen LogP contribution in [0.25, 0.3) is 0 Å². The smallest absolute Gasteiger partial charge is 0.279 e. The van der Waals surface area contributed by atoms with Gasteiger partial charge in [0.05, 0.1) is 26.3 Å². The second-order valence-corrected chi connectivity index (χ2v) is 8.57. The van der Waals surface area contributed by atoms with Crippen LogP contribution in [0.1, 0.15) is 25.8 Å². The first-order valence-corrected chi connectivity index (χ1v) is 11.0. The van der Waals surface area contributed by atoms with Crippen LogP contribution in [0.15, 0.2) is 35.9 Å². The monoisotopic (exact) mass is 463 g/mol. The van der Waals surface area contributed by atoms with Crippen molar-refractivity contribution in [3.63, 3.8) is 0 Å². The fourth-order valence-corrected chi connectivity index (χ4v) is 3.83. The molecule has 1 aromatic carbocycles. The van der Waals surface area contributed by atoms with E-state index in [1.807, 2.05) is 13.8 Å². The van der Waals surface area contributed by atoms with Crippen LogP contribution in [0, 0.1) is 5.92 Å². The molecule has 0 aromatic heterocycles. The van der Waals surface area contributed by atoms with Crippen molar-refractivity contribution in [2.24, 2.45) is 11.7 Å². The Balaban J connectivity index is 2.14. The van der Waals surface area contributed by atoms with Gasteiger partial charge in [-0.15, -0.1) is 0 Å². The van der Waals surface area contributed by atoms with Gasteiger partial charge >= 0.3 is 0 Å². The second-order valence-electron chi connectivity index (χ2n) is 8.57. The van der Waals surface area contributed by atoms with Gasteiger partial charge in [0.15, 0.2) is 6.04 Å². The Morgan fingerprint density at radius 2 is 1.85 bits per heavy atom. The van der Waals surface area contributed by atoms with E-state index < -0.39 is 36.1 Å². The van der Waals surface area contributed by atoms with Crippen molar-refractivity contribution < 1.29 is 34.7 Å². The fraction of sp³-hybridized carbons (Fsp3) is 0.522. The molecular formula is C23H35N4O6+. The minimum Gasteiger partial charge on any atom is -0.497 e. The Kier molecular flexibility index (Phi) is 9.39. The number of hydrogen-bond acceptors (Lipinski definition) is 6. The molecule has 8 N–H and O–H groups in total. The van der Waals surface area contributed by atoms with E-state index >= 15 is 0 Å². The van der Waals surface area contributed by atoms with Gasteiger partial charge in [-0.3, -0.25) is 14.4 Å². The number of likely N-dealkylation sites (N-methyl/N-ethyl adjacent to an activating group) is 1. The zero-order chi connectivity index (χ0) is 24.7. The number of nitrogens with one attached hydrogen (secondary N) is 2. The number of rotatable bonds is 10. The topological polar surface area (TPSA) is 168 Å². The summed E-state index contributed by atoms with van der Waals surface area (Å²) in [6.45, 7) is 3.80. The van der Waals surface area contributed by atoms with Crippen molar-refractivity contribution in [3.05, 3.63) is 41.5 Å². The number of aliphatic hydroxyl groups is 2. The molecule has 0 unspecified atom stereocenters. The lowest BCUT2D eigenvalue weighted by Crippen LogP contribution is -2.90. The Bertz CT molecular complexity index is 870. The molecule has 2 rings (SSSR count). The van der Waals surface area contributed by atoms with E-state index in [0.717, 1.165) is 5.56 Å². The third kappa shape index (κ3) is 7.01. The van der Waals surface area contributed by atoms with Gasteiger partial charge in [-0.25, -0.2) is 0 Å².